The van der Waals surface area contributed by atoms with Crippen LogP contribution >= 0.6 is 11.6 Å². The molecule has 20 heavy (non-hydrogen) atoms. The van der Waals surface area contributed by atoms with Crippen molar-refractivity contribution in [2.24, 2.45) is 5.92 Å². The van der Waals surface area contributed by atoms with Crippen molar-refractivity contribution in [3.05, 3.63) is 28.8 Å². The van der Waals surface area contributed by atoms with Crippen molar-refractivity contribution in [2.75, 3.05) is 6.54 Å². The van der Waals surface area contributed by atoms with Crippen molar-refractivity contribution in [1.29, 1.82) is 5.26 Å². The number of sulfonamides is 1. The smallest absolute Gasteiger partial charge is 0.207 e. The van der Waals surface area contributed by atoms with E-state index in [1.807, 2.05) is 19.9 Å². The monoisotopic (exact) mass is 312 g/mol. The van der Waals surface area contributed by atoms with E-state index in [1.54, 1.807) is 4.31 Å². The van der Waals surface area contributed by atoms with E-state index in [4.69, 9.17) is 16.9 Å². The molecule has 6 heteroatoms. The lowest BCUT2D eigenvalue weighted by atomic mass is 10.2. The molecule has 1 aliphatic carbocycles. The standard InChI is InChI=1S/C14H17ClN2O2S/c1-10(2)9-17(12-4-5-12)20(18,19)13-6-3-11(8-16)14(15)7-13/h3,6-7,10,12H,4-5,9H2,1-2H3. The molecule has 0 atom stereocenters. The summed E-state index contributed by atoms with van der Waals surface area (Å²) in [7, 11) is -3.54. The van der Waals surface area contributed by atoms with Crippen molar-refractivity contribution >= 4 is 21.6 Å². The van der Waals surface area contributed by atoms with Gasteiger partial charge in [-0.25, -0.2) is 8.42 Å². The SMILES string of the molecule is CC(C)CN(C1CC1)S(=O)(=O)c1ccc(C#N)c(Cl)c1. The molecule has 108 valence electrons. The van der Waals surface area contributed by atoms with Gasteiger partial charge in [0.25, 0.3) is 0 Å². The Morgan fingerprint density at radius 1 is 1.45 bits per heavy atom. The average Bonchev–Trinajstić information content (AvgIpc) is 3.19. The van der Waals surface area contributed by atoms with E-state index in [1.165, 1.54) is 18.2 Å². The van der Waals surface area contributed by atoms with Gasteiger partial charge in [0.1, 0.15) is 6.07 Å². The van der Waals surface area contributed by atoms with Gasteiger partial charge in [-0.2, -0.15) is 9.57 Å². The van der Waals surface area contributed by atoms with Gasteiger partial charge in [-0.1, -0.05) is 25.4 Å². The molecule has 0 radical (unpaired) electrons. The van der Waals surface area contributed by atoms with E-state index in [0.29, 0.717) is 6.54 Å². The Bertz CT molecular complexity index is 646. The van der Waals surface area contributed by atoms with Gasteiger partial charge in [0, 0.05) is 12.6 Å². The highest BCUT2D eigenvalue weighted by molar-refractivity contribution is 7.89. The van der Waals surface area contributed by atoms with E-state index in [9.17, 15) is 8.42 Å². The predicted octanol–water partition coefficient (Wildman–Crippen LogP) is 3.02. The molecular weight excluding hydrogens is 296 g/mol. The molecule has 1 fully saturated rings. The Labute approximate surface area is 125 Å². The Kier molecular flexibility index (Phi) is 4.38. The maximum absolute atomic E-state index is 12.7. The summed E-state index contributed by atoms with van der Waals surface area (Å²) in [6.45, 7) is 4.50. The van der Waals surface area contributed by atoms with Crippen LogP contribution in [0.4, 0.5) is 0 Å². The molecule has 4 nitrogen and oxygen atoms in total. The van der Waals surface area contributed by atoms with E-state index in [0.717, 1.165) is 12.8 Å². The normalized spacial score (nSPS) is 15.6. The van der Waals surface area contributed by atoms with Crippen molar-refractivity contribution < 1.29 is 8.42 Å². The quantitative estimate of drug-likeness (QED) is 0.839. The minimum absolute atomic E-state index is 0.108. The van der Waals surface area contributed by atoms with Crippen LogP contribution in [0, 0.1) is 17.2 Å². The molecule has 1 aliphatic rings. The number of hydrogen-bond acceptors (Lipinski definition) is 3. The van der Waals surface area contributed by atoms with E-state index < -0.39 is 10.0 Å². The van der Waals surface area contributed by atoms with Gasteiger partial charge in [0.05, 0.1) is 15.5 Å². The molecule has 0 bridgehead atoms. The van der Waals surface area contributed by atoms with Crippen molar-refractivity contribution in [3.8, 4) is 6.07 Å². The molecular formula is C14H17ClN2O2S. The van der Waals surface area contributed by atoms with Crippen LogP contribution in [-0.2, 0) is 10.0 Å². The summed E-state index contributed by atoms with van der Waals surface area (Å²) in [6.07, 6.45) is 1.83. The number of halogens is 1. The molecule has 1 saturated carbocycles. The second-order valence-electron chi connectivity index (χ2n) is 5.45. The maximum Gasteiger partial charge on any atom is 0.243 e. The molecule has 0 aliphatic heterocycles. The largest absolute Gasteiger partial charge is 0.243 e. The number of nitriles is 1. The minimum Gasteiger partial charge on any atom is -0.207 e. The lowest BCUT2D eigenvalue weighted by Crippen LogP contribution is -2.36. The third-order valence-electron chi connectivity index (χ3n) is 3.17. The van der Waals surface area contributed by atoms with Crippen molar-refractivity contribution in [3.63, 3.8) is 0 Å². The van der Waals surface area contributed by atoms with Gasteiger partial charge in [-0.3, -0.25) is 0 Å². The predicted molar refractivity (Wildman–Crippen MR) is 77.9 cm³/mol. The van der Waals surface area contributed by atoms with Crippen molar-refractivity contribution in [2.45, 2.75) is 37.6 Å². The lowest BCUT2D eigenvalue weighted by Gasteiger charge is -2.23. The minimum atomic E-state index is -3.54. The van der Waals surface area contributed by atoms with Gasteiger partial charge in [-0.05, 0) is 37.0 Å². The number of benzene rings is 1. The zero-order valence-electron chi connectivity index (χ0n) is 11.5. The molecule has 0 unspecified atom stereocenters. The third-order valence-corrected chi connectivity index (χ3v) is 5.39. The highest BCUT2D eigenvalue weighted by atomic mass is 35.5. The molecule has 2 rings (SSSR count). The van der Waals surface area contributed by atoms with Crippen LogP contribution in [0.2, 0.25) is 5.02 Å². The second kappa shape index (κ2) is 5.72. The zero-order valence-corrected chi connectivity index (χ0v) is 13.1. The molecule has 0 saturated heterocycles. The van der Waals surface area contributed by atoms with Gasteiger partial charge >= 0.3 is 0 Å². The summed E-state index contributed by atoms with van der Waals surface area (Å²) in [5.74, 6) is 0.263. The zero-order chi connectivity index (χ0) is 14.9. The third kappa shape index (κ3) is 3.14. The van der Waals surface area contributed by atoms with Crippen LogP contribution < -0.4 is 0 Å². The molecule has 0 aromatic heterocycles. The van der Waals surface area contributed by atoms with Crippen LogP contribution in [0.3, 0.4) is 0 Å². The van der Waals surface area contributed by atoms with Gasteiger partial charge in [-0.15, -0.1) is 0 Å². The van der Waals surface area contributed by atoms with Crippen LogP contribution in [0.1, 0.15) is 32.3 Å². The summed E-state index contributed by atoms with van der Waals surface area (Å²) in [6, 6.07) is 6.31. The van der Waals surface area contributed by atoms with E-state index >= 15 is 0 Å². The Morgan fingerprint density at radius 3 is 2.55 bits per heavy atom. The first kappa shape index (κ1) is 15.3. The first-order valence-corrected chi connectivity index (χ1v) is 8.39. The number of rotatable bonds is 5. The molecule has 0 amide bonds. The molecule has 1 aromatic carbocycles. The fourth-order valence-electron chi connectivity index (χ4n) is 2.05. The Hall–Kier alpha value is -1.09. The molecule has 0 heterocycles. The Balaban J connectivity index is 2.38. The average molecular weight is 313 g/mol. The Morgan fingerprint density at radius 2 is 2.10 bits per heavy atom. The lowest BCUT2D eigenvalue weighted by molar-refractivity contribution is 0.360. The van der Waals surface area contributed by atoms with Gasteiger partial charge in [0.15, 0.2) is 0 Å². The topological polar surface area (TPSA) is 61.2 Å². The first-order valence-electron chi connectivity index (χ1n) is 6.57. The van der Waals surface area contributed by atoms with Crippen LogP contribution in [0.5, 0.6) is 0 Å². The summed E-state index contributed by atoms with van der Waals surface area (Å²) < 4.78 is 26.9. The van der Waals surface area contributed by atoms with Gasteiger partial charge < -0.3 is 0 Å². The highest BCUT2D eigenvalue weighted by Crippen LogP contribution is 2.33. The van der Waals surface area contributed by atoms with E-state index in [2.05, 4.69) is 0 Å². The fourth-order valence-corrected chi connectivity index (χ4v) is 4.21. The van der Waals surface area contributed by atoms with Crippen LogP contribution in [-0.4, -0.2) is 25.3 Å². The molecule has 1 aromatic rings. The molecule has 0 spiro atoms. The number of hydrogen-bond donors (Lipinski definition) is 0. The van der Waals surface area contributed by atoms with Crippen LogP contribution in [0.15, 0.2) is 23.1 Å². The summed E-state index contributed by atoms with van der Waals surface area (Å²) in [5, 5.41) is 9.02. The maximum atomic E-state index is 12.7. The van der Waals surface area contributed by atoms with E-state index in [-0.39, 0.29) is 27.4 Å². The summed E-state index contributed by atoms with van der Waals surface area (Å²) >= 11 is 5.94. The summed E-state index contributed by atoms with van der Waals surface area (Å²) in [5.41, 5.74) is 0.285. The highest BCUT2D eigenvalue weighted by Gasteiger charge is 2.38. The fraction of sp³-hybridized carbons (Fsp3) is 0.500. The molecule has 0 N–H and O–H groups in total. The van der Waals surface area contributed by atoms with Gasteiger partial charge in [0.2, 0.25) is 10.0 Å². The van der Waals surface area contributed by atoms with Crippen molar-refractivity contribution in [1.82, 2.24) is 4.31 Å². The first-order chi connectivity index (χ1) is 9.36. The number of nitrogens with zero attached hydrogens (tertiary/aromatic N) is 2. The van der Waals surface area contributed by atoms with Crippen LogP contribution in [0.25, 0.3) is 0 Å². The summed E-state index contributed by atoms with van der Waals surface area (Å²) in [4.78, 5) is 0.161. The second-order valence-corrected chi connectivity index (χ2v) is 7.75.